The fourth-order valence-electron chi connectivity index (χ4n) is 1.56. The standard InChI is InChI=1S/C15H11BrFNO2/c16-13-9-12(5-6-14(13)17)19-7-8-20-15-4-2-1-3-11(15)10-18/h1-6,9H,7-8H2. The van der Waals surface area contributed by atoms with Gasteiger partial charge in [0.1, 0.15) is 36.6 Å². The van der Waals surface area contributed by atoms with Gasteiger partial charge in [-0.2, -0.15) is 5.26 Å². The van der Waals surface area contributed by atoms with E-state index in [2.05, 4.69) is 22.0 Å². The maximum Gasteiger partial charge on any atom is 0.137 e. The fraction of sp³-hybridized carbons (Fsp3) is 0.133. The molecule has 0 aliphatic rings. The summed E-state index contributed by atoms with van der Waals surface area (Å²) in [7, 11) is 0. The minimum absolute atomic E-state index is 0.299. The molecule has 0 N–H and O–H groups in total. The Morgan fingerprint density at radius 1 is 1.10 bits per heavy atom. The molecule has 102 valence electrons. The fourth-order valence-corrected chi connectivity index (χ4v) is 1.92. The molecule has 3 nitrogen and oxygen atoms in total. The zero-order valence-corrected chi connectivity index (χ0v) is 12.1. The topological polar surface area (TPSA) is 42.2 Å². The van der Waals surface area contributed by atoms with Crippen LogP contribution in [0.2, 0.25) is 0 Å². The van der Waals surface area contributed by atoms with E-state index in [4.69, 9.17) is 14.7 Å². The number of nitrogens with zero attached hydrogens (tertiary/aromatic N) is 1. The first-order valence-electron chi connectivity index (χ1n) is 5.90. The monoisotopic (exact) mass is 335 g/mol. The number of hydrogen-bond donors (Lipinski definition) is 0. The largest absolute Gasteiger partial charge is 0.490 e. The van der Waals surface area contributed by atoms with Gasteiger partial charge < -0.3 is 9.47 Å². The zero-order chi connectivity index (χ0) is 14.4. The van der Waals surface area contributed by atoms with Crippen LogP contribution in [0.1, 0.15) is 5.56 Å². The molecule has 0 heterocycles. The van der Waals surface area contributed by atoms with Crippen LogP contribution in [0.3, 0.4) is 0 Å². The highest BCUT2D eigenvalue weighted by atomic mass is 79.9. The van der Waals surface area contributed by atoms with Crippen molar-refractivity contribution in [3.8, 4) is 17.6 Å². The summed E-state index contributed by atoms with van der Waals surface area (Å²) in [5, 5.41) is 8.91. The number of ether oxygens (including phenoxy) is 2. The molecule has 0 aromatic heterocycles. The number of nitriles is 1. The summed E-state index contributed by atoms with van der Waals surface area (Å²) >= 11 is 3.09. The molecule has 0 bridgehead atoms. The van der Waals surface area contributed by atoms with Crippen molar-refractivity contribution in [2.45, 2.75) is 0 Å². The van der Waals surface area contributed by atoms with E-state index in [-0.39, 0.29) is 5.82 Å². The molecule has 0 spiro atoms. The molecule has 0 aliphatic carbocycles. The van der Waals surface area contributed by atoms with Crippen molar-refractivity contribution in [1.29, 1.82) is 5.26 Å². The molecule has 0 aliphatic heterocycles. The highest BCUT2D eigenvalue weighted by molar-refractivity contribution is 9.10. The van der Waals surface area contributed by atoms with Crippen molar-refractivity contribution >= 4 is 15.9 Å². The molecule has 0 amide bonds. The highest BCUT2D eigenvalue weighted by Gasteiger charge is 2.03. The normalized spacial score (nSPS) is 9.85. The Kier molecular flexibility index (Phi) is 4.97. The third kappa shape index (κ3) is 3.72. The summed E-state index contributed by atoms with van der Waals surface area (Å²) in [6, 6.07) is 13.5. The number of benzene rings is 2. The highest BCUT2D eigenvalue weighted by Crippen LogP contribution is 2.21. The van der Waals surface area contributed by atoms with E-state index < -0.39 is 0 Å². The third-order valence-electron chi connectivity index (χ3n) is 2.51. The quantitative estimate of drug-likeness (QED) is 0.778. The van der Waals surface area contributed by atoms with Gasteiger partial charge in [0.2, 0.25) is 0 Å². The molecule has 2 aromatic carbocycles. The second-order valence-corrected chi connectivity index (χ2v) is 4.74. The number of hydrogen-bond acceptors (Lipinski definition) is 3. The second-order valence-electron chi connectivity index (χ2n) is 3.88. The van der Waals surface area contributed by atoms with Gasteiger partial charge in [0.25, 0.3) is 0 Å². The summed E-state index contributed by atoms with van der Waals surface area (Å²) in [4.78, 5) is 0. The van der Waals surface area contributed by atoms with Crippen LogP contribution in [-0.4, -0.2) is 13.2 Å². The smallest absolute Gasteiger partial charge is 0.137 e. The third-order valence-corrected chi connectivity index (χ3v) is 3.12. The predicted octanol–water partition coefficient (Wildman–Crippen LogP) is 3.92. The molecular formula is C15H11BrFNO2. The average molecular weight is 336 g/mol. The first-order chi connectivity index (χ1) is 9.70. The van der Waals surface area contributed by atoms with Crippen LogP contribution >= 0.6 is 15.9 Å². The number of para-hydroxylation sites is 1. The molecule has 5 heteroatoms. The van der Waals surface area contributed by atoms with Crippen molar-refractivity contribution in [2.75, 3.05) is 13.2 Å². The lowest BCUT2D eigenvalue weighted by atomic mass is 10.2. The molecule has 20 heavy (non-hydrogen) atoms. The van der Waals surface area contributed by atoms with Gasteiger partial charge in [-0.25, -0.2) is 4.39 Å². The Balaban J connectivity index is 1.85. The van der Waals surface area contributed by atoms with Crippen molar-refractivity contribution in [2.24, 2.45) is 0 Å². The maximum absolute atomic E-state index is 13.0. The predicted molar refractivity (Wildman–Crippen MR) is 76.2 cm³/mol. The Morgan fingerprint density at radius 3 is 2.60 bits per heavy atom. The van der Waals surface area contributed by atoms with E-state index in [1.807, 2.05) is 0 Å². The van der Waals surface area contributed by atoms with Gasteiger partial charge in [-0.15, -0.1) is 0 Å². The number of halogens is 2. The first kappa shape index (κ1) is 14.4. The van der Waals surface area contributed by atoms with Gasteiger partial charge >= 0.3 is 0 Å². The average Bonchev–Trinajstić information content (AvgIpc) is 2.47. The summed E-state index contributed by atoms with van der Waals surface area (Å²) in [6.07, 6.45) is 0. The van der Waals surface area contributed by atoms with Crippen molar-refractivity contribution in [3.05, 3.63) is 58.3 Å². The summed E-state index contributed by atoms with van der Waals surface area (Å²) in [5.41, 5.74) is 0.483. The minimum atomic E-state index is -0.337. The molecular weight excluding hydrogens is 325 g/mol. The summed E-state index contributed by atoms with van der Waals surface area (Å²) in [6.45, 7) is 0.603. The molecule has 0 unspecified atom stereocenters. The van der Waals surface area contributed by atoms with Crippen LogP contribution in [0.5, 0.6) is 11.5 Å². The maximum atomic E-state index is 13.0. The van der Waals surface area contributed by atoms with Crippen LogP contribution in [0.4, 0.5) is 4.39 Å². The second kappa shape index (κ2) is 6.92. The van der Waals surface area contributed by atoms with E-state index in [0.717, 1.165) is 0 Å². The van der Waals surface area contributed by atoms with E-state index in [9.17, 15) is 4.39 Å². The molecule has 2 rings (SSSR count). The lowest BCUT2D eigenvalue weighted by Gasteiger charge is -2.09. The molecule has 0 saturated carbocycles. The van der Waals surface area contributed by atoms with Crippen LogP contribution in [0.25, 0.3) is 0 Å². The van der Waals surface area contributed by atoms with Crippen molar-refractivity contribution in [3.63, 3.8) is 0 Å². The molecule has 2 aromatic rings. The van der Waals surface area contributed by atoms with Crippen LogP contribution in [0, 0.1) is 17.1 Å². The minimum Gasteiger partial charge on any atom is -0.490 e. The van der Waals surface area contributed by atoms with E-state index >= 15 is 0 Å². The molecule has 0 saturated heterocycles. The van der Waals surface area contributed by atoms with Crippen LogP contribution < -0.4 is 9.47 Å². The van der Waals surface area contributed by atoms with Gasteiger partial charge in [0, 0.05) is 0 Å². The van der Waals surface area contributed by atoms with Gasteiger partial charge in [0.05, 0.1) is 10.0 Å². The van der Waals surface area contributed by atoms with Crippen molar-refractivity contribution < 1.29 is 13.9 Å². The lowest BCUT2D eigenvalue weighted by molar-refractivity contribution is 0.216. The number of rotatable bonds is 5. The molecule has 0 fully saturated rings. The Hall–Kier alpha value is -2.06. The first-order valence-corrected chi connectivity index (χ1v) is 6.70. The van der Waals surface area contributed by atoms with Gasteiger partial charge in [-0.3, -0.25) is 0 Å². The Labute approximate surface area is 124 Å². The molecule has 0 atom stereocenters. The lowest BCUT2D eigenvalue weighted by Crippen LogP contribution is -2.09. The van der Waals surface area contributed by atoms with Gasteiger partial charge in [0.15, 0.2) is 0 Å². The Bertz CT molecular complexity index is 640. The van der Waals surface area contributed by atoms with Crippen molar-refractivity contribution in [1.82, 2.24) is 0 Å². The van der Waals surface area contributed by atoms with Gasteiger partial charge in [-0.1, -0.05) is 12.1 Å². The zero-order valence-electron chi connectivity index (χ0n) is 10.5. The molecule has 0 radical (unpaired) electrons. The van der Waals surface area contributed by atoms with Gasteiger partial charge in [-0.05, 0) is 46.3 Å². The van der Waals surface area contributed by atoms with E-state index in [1.165, 1.54) is 6.07 Å². The van der Waals surface area contributed by atoms with E-state index in [1.54, 1.807) is 36.4 Å². The van der Waals surface area contributed by atoms with Crippen LogP contribution in [0.15, 0.2) is 46.9 Å². The summed E-state index contributed by atoms with van der Waals surface area (Å²) < 4.78 is 24.3. The van der Waals surface area contributed by atoms with E-state index in [0.29, 0.717) is 34.7 Å². The Morgan fingerprint density at radius 2 is 1.85 bits per heavy atom. The van der Waals surface area contributed by atoms with Crippen LogP contribution in [-0.2, 0) is 0 Å². The SMILES string of the molecule is N#Cc1ccccc1OCCOc1ccc(F)c(Br)c1. The summed E-state index contributed by atoms with van der Waals surface area (Å²) in [5.74, 6) is 0.742.